The molecule has 9 heteroatoms. The highest BCUT2D eigenvalue weighted by Crippen LogP contribution is 2.22. The van der Waals surface area contributed by atoms with Gasteiger partial charge in [-0.15, -0.1) is 0 Å². The van der Waals surface area contributed by atoms with Crippen LogP contribution in [0.15, 0.2) is 47.1 Å². The summed E-state index contributed by atoms with van der Waals surface area (Å²) < 4.78 is 32.1. The standard InChI is InChI=1S/C20H27N3O5S/c1-20(25,18-6-5-13-28-18)15-21-19(24)14-29(26,27)22-16-7-9-17(10-8-16)23-11-3-2-4-12-23/h5-10,13,22,25H,2-4,11-12,14-15H2,1H3,(H,21,24)/t20-/m0/s1. The van der Waals surface area contributed by atoms with Crippen LogP contribution < -0.4 is 14.9 Å². The number of hydrogen-bond acceptors (Lipinski definition) is 6. The van der Waals surface area contributed by atoms with Crippen LogP contribution in [0.4, 0.5) is 11.4 Å². The number of hydrogen-bond donors (Lipinski definition) is 3. The number of amides is 1. The molecule has 1 aliphatic rings. The molecule has 158 valence electrons. The van der Waals surface area contributed by atoms with Crippen molar-refractivity contribution in [3.05, 3.63) is 48.4 Å². The van der Waals surface area contributed by atoms with E-state index in [4.69, 9.17) is 4.42 Å². The lowest BCUT2D eigenvalue weighted by Crippen LogP contribution is -2.41. The summed E-state index contributed by atoms with van der Waals surface area (Å²) in [6, 6.07) is 10.4. The molecular formula is C20H27N3O5S. The lowest BCUT2D eigenvalue weighted by Gasteiger charge is -2.28. The first-order chi connectivity index (χ1) is 13.8. The fourth-order valence-corrected chi connectivity index (χ4v) is 4.29. The first-order valence-electron chi connectivity index (χ1n) is 9.64. The number of nitrogens with one attached hydrogen (secondary N) is 2. The van der Waals surface area contributed by atoms with E-state index in [1.807, 2.05) is 12.1 Å². The molecule has 1 atom stereocenters. The maximum Gasteiger partial charge on any atom is 0.241 e. The van der Waals surface area contributed by atoms with E-state index in [1.165, 1.54) is 19.6 Å². The first kappa shape index (κ1) is 21.2. The molecular weight excluding hydrogens is 394 g/mol. The Morgan fingerprint density at radius 1 is 1.17 bits per heavy atom. The van der Waals surface area contributed by atoms with Crippen molar-refractivity contribution in [2.24, 2.45) is 0 Å². The molecule has 1 fully saturated rings. The van der Waals surface area contributed by atoms with Gasteiger partial charge in [-0.1, -0.05) is 0 Å². The summed E-state index contributed by atoms with van der Waals surface area (Å²) in [5.41, 5.74) is 0.0346. The summed E-state index contributed by atoms with van der Waals surface area (Å²) in [6.07, 6.45) is 4.98. The second kappa shape index (κ2) is 8.87. The molecule has 8 nitrogen and oxygen atoms in total. The highest BCUT2D eigenvalue weighted by Gasteiger charge is 2.27. The van der Waals surface area contributed by atoms with Gasteiger partial charge in [0.05, 0.1) is 12.8 Å². The number of sulfonamides is 1. The van der Waals surface area contributed by atoms with Gasteiger partial charge in [0.1, 0.15) is 17.1 Å². The van der Waals surface area contributed by atoms with Gasteiger partial charge in [0.2, 0.25) is 15.9 Å². The summed E-state index contributed by atoms with van der Waals surface area (Å²) in [4.78, 5) is 14.3. The zero-order chi connectivity index (χ0) is 20.9. The molecule has 1 amide bonds. The lowest BCUT2D eigenvalue weighted by molar-refractivity contribution is -0.120. The molecule has 0 bridgehead atoms. The predicted octanol–water partition coefficient (Wildman–Crippen LogP) is 2.04. The number of benzene rings is 1. The van der Waals surface area contributed by atoms with Crippen molar-refractivity contribution in [1.29, 1.82) is 0 Å². The lowest BCUT2D eigenvalue weighted by atomic mass is 10.0. The zero-order valence-corrected chi connectivity index (χ0v) is 17.2. The van der Waals surface area contributed by atoms with Gasteiger partial charge in [0.15, 0.2) is 0 Å². The molecule has 1 aromatic carbocycles. The molecule has 1 aromatic heterocycles. The Labute approximate surface area is 171 Å². The predicted molar refractivity (Wildman–Crippen MR) is 111 cm³/mol. The molecule has 2 aromatic rings. The van der Waals surface area contributed by atoms with Crippen LogP contribution in [0.25, 0.3) is 0 Å². The Balaban J connectivity index is 1.52. The van der Waals surface area contributed by atoms with Crippen LogP contribution in [0.1, 0.15) is 31.9 Å². The van der Waals surface area contributed by atoms with Crippen LogP contribution in [-0.4, -0.2) is 44.8 Å². The average Bonchev–Trinajstić information content (AvgIpc) is 3.23. The fraction of sp³-hybridized carbons (Fsp3) is 0.450. The summed E-state index contributed by atoms with van der Waals surface area (Å²) in [6.45, 7) is 3.32. The average molecular weight is 422 g/mol. The van der Waals surface area contributed by atoms with E-state index in [9.17, 15) is 18.3 Å². The van der Waals surface area contributed by atoms with Gasteiger partial charge in [-0.3, -0.25) is 9.52 Å². The van der Waals surface area contributed by atoms with Crippen molar-refractivity contribution in [3.63, 3.8) is 0 Å². The topological polar surface area (TPSA) is 112 Å². The van der Waals surface area contributed by atoms with Crippen LogP contribution >= 0.6 is 0 Å². The van der Waals surface area contributed by atoms with Crippen LogP contribution in [-0.2, 0) is 20.4 Å². The summed E-state index contributed by atoms with van der Waals surface area (Å²) in [7, 11) is -3.87. The molecule has 0 radical (unpaired) electrons. The monoisotopic (exact) mass is 421 g/mol. The quantitative estimate of drug-likeness (QED) is 0.601. The molecule has 3 rings (SSSR count). The number of aliphatic hydroxyl groups is 1. The van der Waals surface area contributed by atoms with Gasteiger partial charge >= 0.3 is 0 Å². The Morgan fingerprint density at radius 3 is 2.48 bits per heavy atom. The third-order valence-corrected chi connectivity index (χ3v) is 6.05. The van der Waals surface area contributed by atoms with Gasteiger partial charge in [-0.05, 0) is 62.6 Å². The van der Waals surface area contributed by atoms with Gasteiger partial charge < -0.3 is 19.7 Å². The second-order valence-corrected chi connectivity index (χ2v) is 9.21. The SMILES string of the molecule is C[C@](O)(CNC(=O)CS(=O)(=O)Nc1ccc(N2CCCCC2)cc1)c1ccco1. The van der Waals surface area contributed by atoms with Crippen LogP contribution in [0.2, 0.25) is 0 Å². The number of nitrogens with zero attached hydrogens (tertiary/aromatic N) is 1. The number of rotatable bonds is 8. The third kappa shape index (κ3) is 5.98. The fourth-order valence-electron chi connectivity index (χ4n) is 3.27. The van der Waals surface area contributed by atoms with E-state index < -0.39 is 27.3 Å². The normalized spacial score (nSPS) is 16.8. The van der Waals surface area contributed by atoms with Gasteiger partial charge in [-0.2, -0.15) is 0 Å². The van der Waals surface area contributed by atoms with Crippen molar-refractivity contribution < 1.29 is 22.7 Å². The molecule has 29 heavy (non-hydrogen) atoms. The van der Waals surface area contributed by atoms with E-state index in [0.717, 1.165) is 31.6 Å². The molecule has 0 aliphatic carbocycles. The van der Waals surface area contributed by atoms with Crippen LogP contribution in [0.3, 0.4) is 0 Å². The van der Waals surface area contributed by atoms with Crippen LogP contribution in [0, 0.1) is 0 Å². The van der Waals surface area contributed by atoms with Crippen molar-refractivity contribution in [2.75, 3.05) is 35.0 Å². The summed E-state index contributed by atoms with van der Waals surface area (Å²) >= 11 is 0. The van der Waals surface area contributed by atoms with Gasteiger partial charge in [0, 0.05) is 24.5 Å². The number of furan rings is 1. The molecule has 0 saturated carbocycles. The van der Waals surface area contributed by atoms with Crippen molar-refractivity contribution in [2.45, 2.75) is 31.8 Å². The molecule has 0 spiro atoms. The smallest absolute Gasteiger partial charge is 0.241 e. The van der Waals surface area contributed by atoms with Gasteiger partial charge in [-0.25, -0.2) is 8.42 Å². The molecule has 1 aliphatic heterocycles. The maximum absolute atomic E-state index is 12.3. The minimum atomic E-state index is -3.87. The number of carbonyl (C=O) groups excluding carboxylic acids is 1. The van der Waals surface area contributed by atoms with Crippen molar-refractivity contribution in [3.8, 4) is 0 Å². The van der Waals surface area contributed by atoms with Crippen LogP contribution in [0.5, 0.6) is 0 Å². The third-order valence-electron chi connectivity index (χ3n) is 4.86. The highest BCUT2D eigenvalue weighted by atomic mass is 32.2. The highest BCUT2D eigenvalue weighted by molar-refractivity contribution is 7.93. The largest absolute Gasteiger partial charge is 0.466 e. The minimum Gasteiger partial charge on any atom is -0.466 e. The van der Waals surface area contributed by atoms with E-state index in [-0.39, 0.29) is 12.3 Å². The van der Waals surface area contributed by atoms with Gasteiger partial charge in [0.25, 0.3) is 0 Å². The summed E-state index contributed by atoms with van der Waals surface area (Å²) in [5, 5.41) is 12.7. The molecule has 1 saturated heterocycles. The molecule has 3 N–H and O–H groups in total. The second-order valence-electron chi connectivity index (χ2n) is 7.48. The van der Waals surface area contributed by atoms with E-state index in [1.54, 1.807) is 24.3 Å². The minimum absolute atomic E-state index is 0.167. The molecule has 0 unspecified atom stereocenters. The van der Waals surface area contributed by atoms with Crippen molar-refractivity contribution >= 4 is 27.3 Å². The van der Waals surface area contributed by atoms with E-state index in [2.05, 4.69) is 14.9 Å². The van der Waals surface area contributed by atoms with E-state index >= 15 is 0 Å². The Hall–Kier alpha value is -2.52. The van der Waals surface area contributed by atoms with Crippen molar-refractivity contribution in [1.82, 2.24) is 5.32 Å². The zero-order valence-electron chi connectivity index (χ0n) is 16.4. The Bertz CT molecular complexity index is 902. The summed E-state index contributed by atoms with van der Waals surface area (Å²) in [5.74, 6) is -1.17. The number of piperidine rings is 1. The molecule has 2 heterocycles. The first-order valence-corrected chi connectivity index (χ1v) is 11.3. The number of anilines is 2. The Morgan fingerprint density at radius 2 is 1.86 bits per heavy atom. The maximum atomic E-state index is 12.3. The Kier molecular flexibility index (Phi) is 6.49. The van der Waals surface area contributed by atoms with E-state index in [0.29, 0.717) is 5.69 Å². The number of carbonyl (C=O) groups is 1.